The Morgan fingerprint density at radius 1 is 1.12 bits per heavy atom. The quantitative estimate of drug-likeness (QED) is 0.158. The van der Waals surface area contributed by atoms with Crippen LogP contribution in [-0.4, -0.2) is 96.1 Å². The topological polar surface area (TPSA) is 135 Å². The Kier molecular flexibility index (Phi) is 10.4. The van der Waals surface area contributed by atoms with Crippen LogP contribution in [0.3, 0.4) is 0 Å². The van der Waals surface area contributed by atoms with Crippen LogP contribution in [0.25, 0.3) is 0 Å². The van der Waals surface area contributed by atoms with Crippen LogP contribution in [0.5, 0.6) is 0 Å². The largest absolute Gasteiger partial charge is 0.411 e. The summed E-state index contributed by atoms with van der Waals surface area (Å²) in [5.41, 5.74) is 0.0137. The number of nitrogens with two attached hydrogens (primary N) is 1. The summed E-state index contributed by atoms with van der Waals surface area (Å²) in [7, 11) is 0. The summed E-state index contributed by atoms with van der Waals surface area (Å²) in [5.74, 6) is 0.810. The van der Waals surface area contributed by atoms with Crippen LogP contribution >= 0.6 is 0 Å². The van der Waals surface area contributed by atoms with Crippen LogP contribution in [-0.2, 0) is 9.47 Å². The lowest BCUT2D eigenvalue weighted by Crippen LogP contribution is -2.57. The summed E-state index contributed by atoms with van der Waals surface area (Å²) in [4.78, 5) is 19.1. The first-order valence-corrected chi connectivity index (χ1v) is 12.3. The van der Waals surface area contributed by atoms with Gasteiger partial charge in [-0.25, -0.2) is 15.0 Å². The fraction of sp³-hybridized carbons (Fsp3) is 0.609. The summed E-state index contributed by atoms with van der Waals surface area (Å²) < 4.78 is 85.0. The zero-order chi connectivity index (χ0) is 29.4. The number of ether oxygens (including phenoxy) is 2. The molecule has 2 aromatic rings. The van der Waals surface area contributed by atoms with E-state index in [1.165, 1.54) is 12.5 Å². The number of alkyl halides is 6. The normalized spacial score (nSPS) is 15.7. The minimum absolute atomic E-state index is 0.00957. The number of nitrogens with one attached hydrogen (secondary N) is 3. The van der Waals surface area contributed by atoms with Gasteiger partial charge in [0.1, 0.15) is 31.0 Å². The number of hydrogen-bond acceptors (Lipinski definition) is 10. The van der Waals surface area contributed by atoms with Crippen molar-refractivity contribution in [1.82, 2.24) is 25.3 Å². The Hall–Kier alpha value is -3.31. The van der Waals surface area contributed by atoms with Gasteiger partial charge in [-0.1, -0.05) is 0 Å². The van der Waals surface area contributed by atoms with E-state index >= 15 is 0 Å². The van der Waals surface area contributed by atoms with Crippen molar-refractivity contribution in [3.05, 3.63) is 24.3 Å². The molecule has 1 aliphatic heterocycles. The zero-order valence-corrected chi connectivity index (χ0v) is 22.0. The third-order valence-electron chi connectivity index (χ3n) is 5.49. The van der Waals surface area contributed by atoms with Crippen molar-refractivity contribution < 1.29 is 41.2 Å². The van der Waals surface area contributed by atoms with Crippen molar-refractivity contribution in [3.8, 4) is 0 Å². The van der Waals surface area contributed by atoms with E-state index in [1.807, 2.05) is 18.7 Å². The molecule has 0 aromatic carbocycles. The predicted octanol–water partition coefficient (Wildman–Crippen LogP) is 1.71. The SMILES string of the molecule is CC1(C)CN(c2nc(Nc3ccncn3)c(NCCOCC(F)(F)F)c(C(=[NH2+])COCCC(F)(F)F)n2)CCN1. The van der Waals surface area contributed by atoms with Gasteiger partial charge < -0.3 is 30.3 Å². The van der Waals surface area contributed by atoms with E-state index in [9.17, 15) is 26.3 Å². The molecule has 1 aliphatic rings. The molecule has 0 aliphatic carbocycles. The molecule has 0 bridgehead atoms. The van der Waals surface area contributed by atoms with Gasteiger partial charge in [0.2, 0.25) is 11.7 Å². The van der Waals surface area contributed by atoms with Gasteiger partial charge >= 0.3 is 12.4 Å². The summed E-state index contributed by atoms with van der Waals surface area (Å²) >= 11 is 0. The van der Waals surface area contributed by atoms with E-state index < -0.39 is 32.0 Å². The molecule has 2 aromatic heterocycles. The minimum atomic E-state index is -4.49. The highest BCUT2D eigenvalue weighted by Crippen LogP contribution is 2.30. The predicted molar refractivity (Wildman–Crippen MR) is 135 cm³/mol. The number of anilines is 4. The lowest BCUT2D eigenvalue weighted by molar-refractivity contribution is -0.172. The Bertz CT molecular complexity index is 1120. The molecule has 11 nitrogen and oxygen atoms in total. The maximum absolute atomic E-state index is 12.6. The Morgan fingerprint density at radius 2 is 1.90 bits per heavy atom. The lowest BCUT2D eigenvalue weighted by atomic mass is 10.0. The maximum Gasteiger partial charge on any atom is 0.411 e. The van der Waals surface area contributed by atoms with E-state index in [1.54, 1.807) is 6.07 Å². The number of hydrogen-bond donors (Lipinski definition) is 4. The average Bonchev–Trinajstić information content (AvgIpc) is 2.85. The van der Waals surface area contributed by atoms with E-state index in [2.05, 4.69) is 40.6 Å². The molecule has 17 heteroatoms. The van der Waals surface area contributed by atoms with Crippen molar-refractivity contribution in [2.45, 2.75) is 38.2 Å². The molecule has 1 fully saturated rings. The van der Waals surface area contributed by atoms with Gasteiger partial charge in [0.15, 0.2) is 11.5 Å². The van der Waals surface area contributed by atoms with Gasteiger partial charge in [0.05, 0.1) is 19.6 Å². The monoisotopic (exact) mass is 580 g/mol. The molecule has 0 atom stereocenters. The summed E-state index contributed by atoms with van der Waals surface area (Å²) in [6.45, 7) is 2.89. The minimum Gasteiger partial charge on any atom is -0.378 e. The second kappa shape index (κ2) is 13.4. The fourth-order valence-corrected chi connectivity index (χ4v) is 3.75. The van der Waals surface area contributed by atoms with Crippen LogP contribution in [0.2, 0.25) is 0 Å². The van der Waals surface area contributed by atoms with Crippen LogP contribution in [0.1, 0.15) is 26.0 Å². The third-order valence-corrected chi connectivity index (χ3v) is 5.49. The van der Waals surface area contributed by atoms with Gasteiger partial charge in [-0.05, 0) is 19.9 Å². The number of aromatic nitrogens is 4. The second-order valence-corrected chi connectivity index (χ2v) is 9.59. The molecule has 3 rings (SSSR count). The average molecular weight is 581 g/mol. The number of piperazine rings is 1. The maximum atomic E-state index is 12.6. The van der Waals surface area contributed by atoms with Crippen molar-refractivity contribution in [3.63, 3.8) is 0 Å². The molecule has 40 heavy (non-hydrogen) atoms. The smallest absolute Gasteiger partial charge is 0.378 e. The van der Waals surface area contributed by atoms with Gasteiger partial charge in [-0.2, -0.15) is 31.3 Å². The first-order chi connectivity index (χ1) is 18.7. The first kappa shape index (κ1) is 31.2. The molecule has 5 N–H and O–H groups in total. The van der Waals surface area contributed by atoms with Crippen molar-refractivity contribution in [2.75, 3.05) is 68.1 Å². The number of rotatable bonds is 13. The lowest BCUT2D eigenvalue weighted by Gasteiger charge is -2.39. The molecule has 3 heterocycles. The Labute approximate surface area is 226 Å². The van der Waals surface area contributed by atoms with Crippen LogP contribution in [0.4, 0.5) is 49.6 Å². The first-order valence-electron chi connectivity index (χ1n) is 12.3. The highest BCUT2D eigenvalue weighted by atomic mass is 19.4. The molecule has 0 spiro atoms. The number of halogens is 6. The van der Waals surface area contributed by atoms with Crippen molar-refractivity contribution in [1.29, 1.82) is 0 Å². The Balaban J connectivity index is 1.93. The molecule has 1 saturated heterocycles. The second-order valence-electron chi connectivity index (χ2n) is 9.59. The van der Waals surface area contributed by atoms with E-state index in [0.717, 1.165) is 0 Å². The molecule has 0 saturated carbocycles. The van der Waals surface area contributed by atoms with Gasteiger partial charge in [-0.15, -0.1) is 0 Å². The third kappa shape index (κ3) is 10.3. The number of nitrogens with zero attached hydrogens (tertiary/aromatic N) is 5. The molecule has 0 radical (unpaired) electrons. The van der Waals surface area contributed by atoms with Crippen LogP contribution < -0.4 is 26.3 Å². The van der Waals surface area contributed by atoms with Crippen LogP contribution in [0.15, 0.2) is 18.6 Å². The highest BCUT2D eigenvalue weighted by molar-refractivity contribution is 6.02. The standard InChI is InChI=1S/C23H31F6N9O2/c1-21(2)12-38(8-6-34-21)20-36-17(15(30)11-39-9-4-22(24,25)26)18(32-7-10-40-13-23(27,28)29)19(37-20)35-16-3-5-31-14-33-16/h3,5,14,30,32,34H,4,6-13H2,1-2H3,(H,31,33,35,36,37)/p+1. The molecular weight excluding hydrogens is 548 g/mol. The molecule has 0 unspecified atom stereocenters. The Morgan fingerprint density at radius 3 is 2.55 bits per heavy atom. The van der Waals surface area contributed by atoms with Gasteiger partial charge in [0.25, 0.3) is 0 Å². The summed E-state index contributed by atoms with van der Waals surface area (Å²) in [6.07, 6.45) is -7.25. The van der Waals surface area contributed by atoms with E-state index in [0.29, 0.717) is 25.5 Å². The molecule has 222 valence electrons. The zero-order valence-electron chi connectivity index (χ0n) is 22.0. The summed E-state index contributed by atoms with van der Waals surface area (Å²) in [5, 5.41) is 15.6. The molecular formula is C23H32F6N9O2+. The van der Waals surface area contributed by atoms with E-state index in [-0.39, 0.29) is 54.2 Å². The molecule has 0 amide bonds. The highest BCUT2D eigenvalue weighted by Gasteiger charge is 2.31. The van der Waals surface area contributed by atoms with Crippen LogP contribution in [0, 0.1) is 0 Å². The summed E-state index contributed by atoms with van der Waals surface area (Å²) in [6, 6.07) is 1.57. The van der Waals surface area contributed by atoms with Gasteiger partial charge in [0, 0.05) is 37.9 Å². The van der Waals surface area contributed by atoms with Gasteiger partial charge in [-0.3, -0.25) is 5.41 Å². The van der Waals surface area contributed by atoms with Crippen molar-refractivity contribution in [2.24, 2.45) is 0 Å². The fourth-order valence-electron chi connectivity index (χ4n) is 3.75. The van der Waals surface area contributed by atoms with Crippen molar-refractivity contribution >= 4 is 29.0 Å². The van der Waals surface area contributed by atoms with E-state index in [4.69, 9.17) is 10.1 Å².